The molecule has 1 amide bonds. The van der Waals surface area contributed by atoms with Crippen molar-refractivity contribution in [3.8, 4) is 23.1 Å². The number of ether oxygens (including phenoxy) is 1. The number of hydrogen-bond acceptors (Lipinski definition) is 5. The Morgan fingerprint density at radius 2 is 1.73 bits per heavy atom. The Bertz CT molecular complexity index is 1520. The second-order valence-corrected chi connectivity index (χ2v) is 9.10. The highest BCUT2D eigenvalue weighted by Gasteiger charge is 2.38. The second-order valence-electron chi connectivity index (χ2n) is 9.10. The van der Waals surface area contributed by atoms with Crippen LogP contribution in [-0.2, 0) is 18.9 Å². The van der Waals surface area contributed by atoms with Gasteiger partial charge in [0.05, 0.1) is 17.7 Å². The average Bonchev–Trinajstić information content (AvgIpc) is 3.43. The maximum atomic E-state index is 14.0. The molecule has 0 radical (unpaired) electrons. The standard InChI is InChI=1S/C26H20F6N6O2/c1-15-5-2-3-6-19(15)21-20-22(36-24(35-21)38-14-33-13-34-38)40-8-4-7-37(23(20)39)12-16-9-17(25(27,28)29)11-18(10-16)26(30,31)32/h2-3,5-6,9-11,13-14H,4,7-8,12H2,1H3/p+1. The van der Waals surface area contributed by atoms with Gasteiger partial charge in [-0.25, -0.2) is 5.10 Å². The number of halogens is 6. The largest absolute Gasteiger partial charge is 0.468 e. The van der Waals surface area contributed by atoms with Crippen LogP contribution in [0.25, 0.3) is 17.2 Å². The van der Waals surface area contributed by atoms with Crippen molar-refractivity contribution < 1.29 is 40.6 Å². The van der Waals surface area contributed by atoms with Crippen LogP contribution in [0, 0.1) is 6.92 Å². The SMILES string of the molecule is Cc1ccccc1-c1nc(-[n+]2cnc[nH]2)nc2c1C(=O)N(Cc1cc(C(F)(F)F)cc(C(F)(F)F)c1)CCCO2. The number of H-pyrrole nitrogens is 1. The molecule has 0 aliphatic carbocycles. The van der Waals surface area contributed by atoms with Gasteiger partial charge in [-0.2, -0.15) is 26.3 Å². The number of aryl methyl sites for hydroxylation is 1. The van der Waals surface area contributed by atoms with Gasteiger partial charge in [0.15, 0.2) is 17.6 Å². The van der Waals surface area contributed by atoms with Crippen LogP contribution in [0.15, 0.2) is 55.1 Å². The number of alkyl halides is 6. The lowest BCUT2D eigenvalue weighted by Gasteiger charge is -2.27. The number of benzene rings is 2. The normalized spacial score (nSPS) is 14.4. The van der Waals surface area contributed by atoms with E-state index in [0.717, 1.165) is 5.56 Å². The number of amides is 1. The minimum atomic E-state index is -5.01. The first-order valence-corrected chi connectivity index (χ1v) is 12.0. The number of carbonyl (C=O) groups is 1. The van der Waals surface area contributed by atoms with E-state index in [1.807, 2.05) is 0 Å². The lowest BCUT2D eigenvalue weighted by Crippen LogP contribution is -2.38. The van der Waals surface area contributed by atoms with E-state index >= 15 is 0 Å². The van der Waals surface area contributed by atoms with Crippen LogP contribution in [0.1, 0.15) is 39.0 Å². The summed E-state index contributed by atoms with van der Waals surface area (Å²) in [5.41, 5.74) is -1.76. The molecule has 208 valence electrons. The fourth-order valence-electron chi connectivity index (χ4n) is 4.37. The molecular formula is C26H21F6N6O2+. The lowest BCUT2D eigenvalue weighted by atomic mass is 10.00. The van der Waals surface area contributed by atoms with Gasteiger partial charge < -0.3 is 9.64 Å². The van der Waals surface area contributed by atoms with E-state index in [2.05, 4.69) is 20.1 Å². The number of carbonyl (C=O) groups excluding carboxylic acids is 1. The van der Waals surface area contributed by atoms with Crippen molar-refractivity contribution in [1.29, 1.82) is 0 Å². The summed E-state index contributed by atoms with van der Waals surface area (Å²) in [5, 5.41) is 2.81. The van der Waals surface area contributed by atoms with Gasteiger partial charge in [-0.3, -0.25) is 4.79 Å². The molecule has 1 aliphatic rings. The van der Waals surface area contributed by atoms with Gasteiger partial charge in [0.2, 0.25) is 6.33 Å². The molecule has 0 saturated carbocycles. The van der Waals surface area contributed by atoms with Crippen molar-refractivity contribution in [3.63, 3.8) is 0 Å². The third kappa shape index (κ3) is 5.46. The summed E-state index contributed by atoms with van der Waals surface area (Å²) in [6.07, 6.45) is -6.96. The third-order valence-corrected chi connectivity index (χ3v) is 6.27. The lowest BCUT2D eigenvalue weighted by molar-refractivity contribution is -0.663. The highest BCUT2D eigenvalue weighted by Crippen LogP contribution is 2.37. The summed E-state index contributed by atoms with van der Waals surface area (Å²) >= 11 is 0. The Balaban J connectivity index is 1.63. The van der Waals surface area contributed by atoms with Crippen LogP contribution in [0.5, 0.6) is 5.88 Å². The molecule has 0 bridgehead atoms. The van der Waals surface area contributed by atoms with Crippen molar-refractivity contribution in [2.24, 2.45) is 0 Å². The highest BCUT2D eigenvalue weighted by atomic mass is 19.4. The Morgan fingerprint density at radius 1 is 1.02 bits per heavy atom. The number of hydrogen-bond donors (Lipinski definition) is 1. The molecule has 1 aliphatic heterocycles. The van der Waals surface area contributed by atoms with Gasteiger partial charge in [-0.1, -0.05) is 29.2 Å². The number of rotatable bonds is 4. The fraction of sp³-hybridized carbons (Fsp3) is 0.269. The molecule has 40 heavy (non-hydrogen) atoms. The van der Waals surface area contributed by atoms with Crippen LogP contribution in [-0.4, -0.2) is 44.0 Å². The van der Waals surface area contributed by atoms with E-state index in [0.29, 0.717) is 17.7 Å². The minimum absolute atomic E-state index is 0.0140. The zero-order valence-electron chi connectivity index (χ0n) is 20.8. The monoisotopic (exact) mass is 563 g/mol. The van der Waals surface area contributed by atoms with Gasteiger partial charge in [-0.05, 0) is 42.7 Å². The van der Waals surface area contributed by atoms with Crippen molar-refractivity contribution in [2.45, 2.75) is 32.2 Å². The highest BCUT2D eigenvalue weighted by molar-refractivity contribution is 6.02. The van der Waals surface area contributed by atoms with Crippen molar-refractivity contribution in [2.75, 3.05) is 13.2 Å². The van der Waals surface area contributed by atoms with Gasteiger partial charge in [0.25, 0.3) is 11.8 Å². The van der Waals surface area contributed by atoms with E-state index in [1.165, 1.54) is 22.2 Å². The number of aromatic nitrogens is 5. The summed E-state index contributed by atoms with van der Waals surface area (Å²) in [6, 6.07) is 8.38. The molecule has 0 spiro atoms. The van der Waals surface area contributed by atoms with Crippen LogP contribution < -0.4 is 9.42 Å². The molecule has 3 heterocycles. The van der Waals surface area contributed by atoms with Crippen LogP contribution in [0.2, 0.25) is 0 Å². The molecule has 0 saturated heterocycles. The molecule has 8 nitrogen and oxygen atoms in total. The minimum Gasteiger partial charge on any atom is -0.468 e. The predicted molar refractivity (Wildman–Crippen MR) is 127 cm³/mol. The molecule has 0 atom stereocenters. The van der Waals surface area contributed by atoms with E-state index in [1.54, 1.807) is 31.2 Å². The Kier molecular flexibility index (Phi) is 6.94. The second kappa shape index (κ2) is 10.2. The van der Waals surface area contributed by atoms with E-state index < -0.39 is 35.9 Å². The smallest absolute Gasteiger partial charge is 0.416 e. The summed E-state index contributed by atoms with van der Waals surface area (Å²) in [4.78, 5) is 28.0. The quantitative estimate of drug-likeness (QED) is 0.282. The van der Waals surface area contributed by atoms with E-state index in [9.17, 15) is 31.1 Å². The Morgan fingerprint density at radius 3 is 2.35 bits per heavy atom. The zero-order valence-corrected chi connectivity index (χ0v) is 20.8. The molecule has 0 fully saturated rings. The predicted octanol–water partition coefficient (Wildman–Crippen LogP) is 4.91. The summed E-state index contributed by atoms with van der Waals surface area (Å²) in [5.74, 6) is -0.651. The summed E-state index contributed by atoms with van der Waals surface area (Å²) in [7, 11) is 0. The van der Waals surface area contributed by atoms with E-state index in [-0.39, 0.29) is 54.3 Å². The van der Waals surface area contributed by atoms with E-state index in [4.69, 9.17) is 4.74 Å². The zero-order chi connectivity index (χ0) is 28.7. The van der Waals surface area contributed by atoms with Crippen molar-refractivity contribution in [1.82, 2.24) is 25.0 Å². The Hall–Kier alpha value is -4.49. The van der Waals surface area contributed by atoms with Crippen LogP contribution in [0.4, 0.5) is 26.3 Å². The molecule has 4 aromatic rings. The first kappa shape index (κ1) is 27.1. The molecule has 0 unspecified atom stereocenters. The van der Waals surface area contributed by atoms with Crippen molar-refractivity contribution >= 4 is 5.91 Å². The molecule has 2 aromatic carbocycles. The Labute approximate surface area is 223 Å². The first-order chi connectivity index (χ1) is 18.9. The average molecular weight is 563 g/mol. The summed E-state index contributed by atoms with van der Waals surface area (Å²) < 4.78 is 87.9. The maximum absolute atomic E-state index is 14.0. The third-order valence-electron chi connectivity index (χ3n) is 6.27. The molecule has 2 aromatic heterocycles. The molecule has 5 rings (SSSR count). The number of nitrogens with zero attached hydrogens (tertiary/aromatic N) is 5. The van der Waals surface area contributed by atoms with Crippen molar-refractivity contribution in [3.05, 3.63) is 82.9 Å². The van der Waals surface area contributed by atoms with Gasteiger partial charge in [0, 0.05) is 18.7 Å². The molecule has 1 N–H and O–H groups in total. The van der Waals surface area contributed by atoms with Gasteiger partial charge in [-0.15, -0.1) is 14.6 Å². The molecule has 14 heteroatoms. The number of fused-ring (bicyclic) bond motifs is 1. The topological polar surface area (TPSA) is 87.9 Å². The van der Waals surface area contributed by atoms with Crippen LogP contribution in [0.3, 0.4) is 0 Å². The summed E-state index contributed by atoms with van der Waals surface area (Å²) in [6.45, 7) is 1.40. The first-order valence-electron chi connectivity index (χ1n) is 12.0. The van der Waals surface area contributed by atoms with Gasteiger partial charge in [0.1, 0.15) is 0 Å². The number of nitrogens with one attached hydrogen (secondary N) is 1. The fourth-order valence-corrected chi connectivity index (χ4v) is 4.37. The van der Waals surface area contributed by atoms with Gasteiger partial charge >= 0.3 is 18.3 Å². The molecular weight excluding hydrogens is 542 g/mol. The number of aromatic amines is 1. The maximum Gasteiger partial charge on any atom is 0.416 e. The van der Waals surface area contributed by atoms with Crippen LogP contribution >= 0.6 is 0 Å².